The van der Waals surface area contributed by atoms with Crippen LogP contribution in [0.15, 0.2) is 40.9 Å². The van der Waals surface area contributed by atoms with Crippen molar-refractivity contribution in [1.29, 1.82) is 0 Å². The van der Waals surface area contributed by atoms with Crippen LogP contribution in [-0.4, -0.2) is 20.9 Å². The summed E-state index contributed by atoms with van der Waals surface area (Å²) in [6, 6.07) is 9.84. The van der Waals surface area contributed by atoms with Crippen molar-refractivity contribution in [2.24, 2.45) is 0 Å². The number of hydrogen-bond donors (Lipinski definition) is 0. The minimum Gasteiger partial charge on any atom is -0.337 e. The van der Waals surface area contributed by atoms with E-state index in [9.17, 15) is 9.18 Å². The highest BCUT2D eigenvalue weighted by atomic mass is 35.5. The summed E-state index contributed by atoms with van der Waals surface area (Å²) in [5, 5.41) is 4.39. The van der Waals surface area contributed by atoms with E-state index in [1.54, 1.807) is 11.0 Å². The number of likely N-dealkylation sites (tertiary alicyclic amines) is 1. The summed E-state index contributed by atoms with van der Waals surface area (Å²) >= 11 is 6.13. The van der Waals surface area contributed by atoms with Crippen LogP contribution in [0.25, 0.3) is 11.4 Å². The molecule has 28 heavy (non-hydrogen) atoms. The van der Waals surface area contributed by atoms with Gasteiger partial charge in [-0.1, -0.05) is 35.0 Å². The summed E-state index contributed by atoms with van der Waals surface area (Å²) in [5.41, 5.74) is 3.89. The zero-order chi connectivity index (χ0) is 19.8. The third-order valence-electron chi connectivity index (χ3n) is 5.18. The lowest BCUT2D eigenvalue weighted by atomic mass is 10.1. The van der Waals surface area contributed by atoms with Crippen LogP contribution in [0.1, 0.15) is 41.5 Å². The van der Waals surface area contributed by atoms with Gasteiger partial charge in [0.2, 0.25) is 17.6 Å². The lowest BCUT2D eigenvalue weighted by molar-refractivity contribution is -0.129. The average molecular weight is 400 g/mol. The largest absolute Gasteiger partial charge is 0.337 e. The van der Waals surface area contributed by atoms with Crippen LogP contribution in [0.3, 0.4) is 0 Å². The van der Waals surface area contributed by atoms with E-state index in [1.165, 1.54) is 17.7 Å². The van der Waals surface area contributed by atoms with Crippen LogP contribution >= 0.6 is 11.6 Å². The summed E-state index contributed by atoms with van der Waals surface area (Å²) < 4.78 is 18.8. The first-order valence-corrected chi connectivity index (χ1v) is 9.45. The lowest BCUT2D eigenvalue weighted by Gasteiger charge is -2.22. The topological polar surface area (TPSA) is 59.2 Å². The van der Waals surface area contributed by atoms with Crippen LogP contribution < -0.4 is 0 Å². The van der Waals surface area contributed by atoms with Gasteiger partial charge in [0.05, 0.1) is 0 Å². The second-order valence-corrected chi connectivity index (χ2v) is 7.47. The van der Waals surface area contributed by atoms with Crippen LogP contribution in [0, 0.1) is 19.7 Å². The SMILES string of the molecule is Cc1ccc(-c2noc(C3CCC(=O)N3Cc3ccc(F)cc3Cl)n2)cc1C. The molecule has 1 amide bonds. The lowest BCUT2D eigenvalue weighted by Crippen LogP contribution is -2.27. The number of rotatable bonds is 4. The molecule has 1 aromatic heterocycles. The molecule has 1 aliphatic rings. The molecule has 1 atom stereocenters. The molecule has 0 saturated carbocycles. The molecule has 0 bridgehead atoms. The Morgan fingerprint density at radius 3 is 2.79 bits per heavy atom. The Morgan fingerprint density at radius 1 is 1.21 bits per heavy atom. The number of benzene rings is 2. The molecule has 0 N–H and O–H groups in total. The first-order valence-electron chi connectivity index (χ1n) is 9.07. The van der Waals surface area contributed by atoms with Gasteiger partial charge in [-0.3, -0.25) is 4.79 Å². The zero-order valence-electron chi connectivity index (χ0n) is 15.6. The highest BCUT2D eigenvalue weighted by Crippen LogP contribution is 2.35. The number of carbonyl (C=O) groups is 1. The van der Waals surface area contributed by atoms with Gasteiger partial charge in [0, 0.05) is 23.6 Å². The first kappa shape index (κ1) is 18.6. The molecule has 2 aromatic carbocycles. The average Bonchev–Trinajstić information content (AvgIpc) is 3.27. The normalized spacial score (nSPS) is 16.8. The molecule has 7 heteroatoms. The maximum atomic E-state index is 13.3. The molecule has 0 spiro atoms. The van der Waals surface area contributed by atoms with Gasteiger partial charge in [0.1, 0.15) is 11.9 Å². The van der Waals surface area contributed by atoms with E-state index in [-0.39, 0.29) is 18.5 Å². The molecule has 0 aliphatic carbocycles. The van der Waals surface area contributed by atoms with Gasteiger partial charge < -0.3 is 9.42 Å². The predicted molar refractivity (Wildman–Crippen MR) is 103 cm³/mol. The summed E-state index contributed by atoms with van der Waals surface area (Å²) in [6.07, 6.45) is 0.983. The standard InChI is InChI=1S/C21H19ClFN3O2/c1-12-3-4-14(9-13(12)2)20-24-21(28-25-20)18-7-8-19(27)26(18)11-15-5-6-16(23)10-17(15)22/h3-6,9-10,18H,7-8,11H2,1-2H3. The molecular weight excluding hydrogens is 381 g/mol. The Labute approximate surface area is 167 Å². The van der Waals surface area contributed by atoms with Crippen LogP contribution in [0.2, 0.25) is 5.02 Å². The third kappa shape index (κ3) is 3.52. The Hall–Kier alpha value is -2.73. The van der Waals surface area contributed by atoms with Crippen LogP contribution in [0.4, 0.5) is 4.39 Å². The highest BCUT2D eigenvalue weighted by molar-refractivity contribution is 6.31. The summed E-state index contributed by atoms with van der Waals surface area (Å²) in [5.74, 6) is 0.471. The van der Waals surface area contributed by atoms with E-state index in [2.05, 4.69) is 10.1 Å². The molecule has 144 valence electrons. The molecule has 1 aliphatic heterocycles. The number of hydrogen-bond acceptors (Lipinski definition) is 4. The minimum absolute atomic E-state index is 0.0173. The van der Waals surface area contributed by atoms with Crippen molar-refractivity contribution in [2.75, 3.05) is 0 Å². The quantitative estimate of drug-likeness (QED) is 0.618. The molecule has 1 unspecified atom stereocenters. The molecule has 4 rings (SSSR count). The smallest absolute Gasteiger partial charge is 0.249 e. The van der Waals surface area contributed by atoms with Gasteiger partial charge >= 0.3 is 0 Å². The van der Waals surface area contributed by atoms with Crippen molar-refractivity contribution in [3.63, 3.8) is 0 Å². The maximum Gasteiger partial charge on any atom is 0.249 e. The summed E-state index contributed by atoms with van der Waals surface area (Å²) in [4.78, 5) is 18.6. The zero-order valence-corrected chi connectivity index (χ0v) is 16.3. The van der Waals surface area contributed by atoms with Crippen molar-refractivity contribution in [3.8, 4) is 11.4 Å². The Balaban J connectivity index is 1.60. The molecule has 1 fully saturated rings. The van der Waals surface area contributed by atoms with Gasteiger partial charge in [0.25, 0.3) is 0 Å². The van der Waals surface area contributed by atoms with Gasteiger partial charge in [-0.2, -0.15) is 4.98 Å². The number of nitrogens with zero attached hydrogens (tertiary/aromatic N) is 3. The van der Waals surface area contributed by atoms with Crippen LogP contribution in [-0.2, 0) is 11.3 Å². The maximum absolute atomic E-state index is 13.3. The minimum atomic E-state index is -0.409. The Kier molecular flexibility index (Phi) is 4.89. The van der Waals surface area contributed by atoms with E-state index in [0.29, 0.717) is 35.1 Å². The van der Waals surface area contributed by atoms with E-state index < -0.39 is 5.82 Å². The number of carbonyl (C=O) groups excluding carboxylic acids is 1. The molecular formula is C21H19ClFN3O2. The van der Waals surface area contributed by atoms with Gasteiger partial charge in [-0.15, -0.1) is 0 Å². The fourth-order valence-electron chi connectivity index (χ4n) is 3.39. The number of halogens is 2. The second kappa shape index (κ2) is 7.36. The van der Waals surface area contributed by atoms with Gasteiger partial charge in [-0.05, 0) is 55.2 Å². The summed E-state index contributed by atoms with van der Waals surface area (Å²) in [6.45, 7) is 4.34. The van der Waals surface area contributed by atoms with Gasteiger partial charge in [0.15, 0.2) is 0 Å². The summed E-state index contributed by atoms with van der Waals surface area (Å²) in [7, 11) is 0. The van der Waals surface area contributed by atoms with E-state index in [1.807, 2.05) is 32.0 Å². The monoisotopic (exact) mass is 399 g/mol. The third-order valence-corrected chi connectivity index (χ3v) is 5.53. The highest BCUT2D eigenvalue weighted by Gasteiger charge is 2.36. The van der Waals surface area contributed by atoms with Crippen molar-refractivity contribution in [3.05, 3.63) is 69.8 Å². The Morgan fingerprint density at radius 2 is 2.04 bits per heavy atom. The van der Waals surface area contributed by atoms with Crippen molar-refractivity contribution >= 4 is 17.5 Å². The van der Waals surface area contributed by atoms with Crippen molar-refractivity contribution < 1.29 is 13.7 Å². The van der Waals surface area contributed by atoms with E-state index in [0.717, 1.165) is 11.1 Å². The predicted octanol–water partition coefficient (Wildman–Crippen LogP) is 5.01. The van der Waals surface area contributed by atoms with E-state index >= 15 is 0 Å². The fourth-order valence-corrected chi connectivity index (χ4v) is 3.62. The van der Waals surface area contributed by atoms with E-state index in [4.69, 9.17) is 16.1 Å². The molecule has 3 aromatic rings. The van der Waals surface area contributed by atoms with Crippen molar-refractivity contribution in [1.82, 2.24) is 15.0 Å². The van der Waals surface area contributed by atoms with Crippen molar-refractivity contribution in [2.45, 2.75) is 39.3 Å². The second-order valence-electron chi connectivity index (χ2n) is 7.07. The molecule has 5 nitrogen and oxygen atoms in total. The molecule has 1 saturated heterocycles. The number of amides is 1. The number of aryl methyl sites for hydroxylation is 2. The molecule has 2 heterocycles. The fraction of sp³-hybridized carbons (Fsp3) is 0.286. The Bertz CT molecular complexity index is 1050. The first-order chi connectivity index (χ1) is 13.4. The molecule has 0 radical (unpaired) electrons. The van der Waals surface area contributed by atoms with Gasteiger partial charge in [-0.25, -0.2) is 4.39 Å². The number of aromatic nitrogens is 2. The van der Waals surface area contributed by atoms with Crippen LogP contribution in [0.5, 0.6) is 0 Å².